The lowest BCUT2D eigenvalue weighted by molar-refractivity contribution is 0.173. The quantitative estimate of drug-likeness (QED) is 0.859. The number of hydrogen-bond acceptors (Lipinski definition) is 4. The first-order valence-electron chi connectivity index (χ1n) is 7.39. The van der Waals surface area contributed by atoms with Gasteiger partial charge < -0.3 is 14.8 Å². The van der Waals surface area contributed by atoms with Crippen LogP contribution in [-0.4, -0.2) is 12.8 Å². The second-order valence-corrected chi connectivity index (χ2v) is 5.51. The standard InChI is InChI=1S/C16H20N2O2/c17-9-12-5-2-1-3-7-14(12)18-10-13-6-4-8-15-16(13)20-11-19-15/h4,6,8,12,14,18H,1-3,5,7,10-11H2. The molecule has 20 heavy (non-hydrogen) atoms. The molecule has 1 N–H and O–H groups in total. The first-order chi connectivity index (χ1) is 9.88. The topological polar surface area (TPSA) is 54.3 Å². The highest BCUT2D eigenvalue weighted by atomic mass is 16.7. The van der Waals surface area contributed by atoms with Crippen molar-refractivity contribution in [2.45, 2.75) is 44.7 Å². The highest BCUT2D eigenvalue weighted by Crippen LogP contribution is 2.35. The summed E-state index contributed by atoms with van der Waals surface area (Å²) < 4.78 is 10.9. The Hall–Kier alpha value is -1.73. The summed E-state index contributed by atoms with van der Waals surface area (Å²) in [7, 11) is 0. The number of hydrogen-bond donors (Lipinski definition) is 1. The monoisotopic (exact) mass is 272 g/mol. The van der Waals surface area contributed by atoms with Crippen molar-refractivity contribution in [2.75, 3.05) is 6.79 Å². The summed E-state index contributed by atoms with van der Waals surface area (Å²) in [4.78, 5) is 0. The van der Waals surface area contributed by atoms with Crippen molar-refractivity contribution in [1.82, 2.24) is 5.32 Å². The number of fused-ring (bicyclic) bond motifs is 1. The molecule has 0 saturated heterocycles. The smallest absolute Gasteiger partial charge is 0.231 e. The molecule has 2 aliphatic rings. The van der Waals surface area contributed by atoms with Crippen molar-refractivity contribution in [3.8, 4) is 17.6 Å². The van der Waals surface area contributed by atoms with Gasteiger partial charge in [0.2, 0.25) is 6.79 Å². The molecule has 0 bridgehead atoms. The summed E-state index contributed by atoms with van der Waals surface area (Å²) in [5, 5.41) is 12.9. The third-order valence-corrected chi connectivity index (χ3v) is 4.21. The molecule has 1 aliphatic heterocycles. The summed E-state index contributed by atoms with van der Waals surface area (Å²) in [5.74, 6) is 1.80. The largest absolute Gasteiger partial charge is 0.454 e. The van der Waals surface area contributed by atoms with Gasteiger partial charge in [0.05, 0.1) is 12.0 Å². The van der Waals surface area contributed by atoms with E-state index in [2.05, 4.69) is 17.5 Å². The molecular weight excluding hydrogens is 252 g/mol. The van der Waals surface area contributed by atoms with Crippen LogP contribution in [0.2, 0.25) is 0 Å². The molecule has 0 radical (unpaired) electrons. The van der Waals surface area contributed by atoms with Gasteiger partial charge in [-0.3, -0.25) is 0 Å². The Balaban J connectivity index is 1.67. The normalized spacial score (nSPS) is 24.9. The average molecular weight is 272 g/mol. The van der Waals surface area contributed by atoms with Crippen molar-refractivity contribution in [3.63, 3.8) is 0 Å². The van der Waals surface area contributed by atoms with Crippen LogP contribution in [0.1, 0.15) is 37.7 Å². The Morgan fingerprint density at radius 3 is 3.00 bits per heavy atom. The van der Waals surface area contributed by atoms with E-state index < -0.39 is 0 Å². The molecule has 2 atom stereocenters. The molecular formula is C16H20N2O2. The number of nitrogens with zero attached hydrogens (tertiary/aromatic N) is 1. The predicted octanol–water partition coefficient (Wildman–Crippen LogP) is 2.98. The van der Waals surface area contributed by atoms with E-state index in [1.807, 2.05) is 12.1 Å². The van der Waals surface area contributed by atoms with Crippen LogP contribution in [0.15, 0.2) is 18.2 Å². The molecule has 1 aliphatic carbocycles. The molecule has 0 amide bonds. The van der Waals surface area contributed by atoms with Crippen LogP contribution >= 0.6 is 0 Å². The van der Waals surface area contributed by atoms with E-state index in [9.17, 15) is 5.26 Å². The summed E-state index contributed by atoms with van der Waals surface area (Å²) >= 11 is 0. The second-order valence-electron chi connectivity index (χ2n) is 5.51. The van der Waals surface area contributed by atoms with Gasteiger partial charge in [0.1, 0.15) is 0 Å². The molecule has 4 heteroatoms. The zero-order valence-electron chi connectivity index (χ0n) is 11.6. The maximum atomic E-state index is 9.30. The van der Waals surface area contributed by atoms with Crippen molar-refractivity contribution < 1.29 is 9.47 Å². The molecule has 1 heterocycles. The van der Waals surface area contributed by atoms with E-state index in [4.69, 9.17) is 9.47 Å². The first kappa shape index (κ1) is 13.3. The van der Waals surface area contributed by atoms with Crippen molar-refractivity contribution in [2.24, 2.45) is 5.92 Å². The van der Waals surface area contributed by atoms with E-state index >= 15 is 0 Å². The van der Waals surface area contributed by atoms with E-state index in [0.29, 0.717) is 12.8 Å². The SMILES string of the molecule is N#CC1CCCCCC1NCc1cccc2c1OCO2. The highest BCUT2D eigenvalue weighted by molar-refractivity contribution is 5.48. The minimum absolute atomic E-state index is 0.131. The number of para-hydroxylation sites is 1. The maximum Gasteiger partial charge on any atom is 0.231 e. The number of nitrogens with one attached hydrogen (secondary N) is 1. The molecule has 1 aromatic carbocycles. The molecule has 0 spiro atoms. The van der Waals surface area contributed by atoms with Crippen LogP contribution in [0.25, 0.3) is 0 Å². The molecule has 1 saturated carbocycles. The molecule has 2 unspecified atom stereocenters. The summed E-state index contributed by atoms with van der Waals surface area (Å²) in [5.41, 5.74) is 1.11. The molecule has 106 valence electrons. The van der Waals surface area contributed by atoms with Crippen LogP contribution < -0.4 is 14.8 Å². The van der Waals surface area contributed by atoms with Crippen molar-refractivity contribution in [3.05, 3.63) is 23.8 Å². The Morgan fingerprint density at radius 2 is 2.10 bits per heavy atom. The van der Waals surface area contributed by atoms with E-state index in [1.54, 1.807) is 0 Å². The minimum Gasteiger partial charge on any atom is -0.454 e. The second kappa shape index (κ2) is 6.15. The number of benzene rings is 1. The summed E-state index contributed by atoms with van der Waals surface area (Å²) in [6, 6.07) is 8.72. The van der Waals surface area contributed by atoms with E-state index in [0.717, 1.165) is 36.4 Å². The lowest BCUT2D eigenvalue weighted by atomic mass is 9.96. The third-order valence-electron chi connectivity index (χ3n) is 4.21. The first-order valence-corrected chi connectivity index (χ1v) is 7.39. The van der Waals surface area contributed by atoms with Gasteiger partial charge in [0.25, 0.3) is 0 Å². The van der Waals surface area contributed by atoms with Crippen molar-refractivity contribution in [1.29, 1.82) is 5.26 Å². The van der Waals surface area contributed by atoms with E-state index in [1.165, 1.54) is 19.3 Å². The number of ether oxygens (including phenoxy) is 2. The minimum atomic E-state index is 0.131. The van der Waals surface area contributed by atoms with Gasteiger partial charge in [-0.25, -0.2) is 0 Å². The summed E-state index contributed by atoms with van der Waals surface area (Å²) in [6.07, 6.45) is 5.73. The Morgan fingerprint density at radius 1 is 1.20 bits per heavy atom. The van der Waals surface area contributed by atoms with Gasteiger partial charge in [-0.05, 0) is 18.9 Å². The summed E-state index contributed by atoms with van der Waals surface area (Å²) in [6.45, 7) is 1.03. The van der Waals surface area contributed by atoms with Gasteiger partial charge >= 0.3 is 0 Å². The molecule has 4 nitrogen and oxygen atoms in total. The van der Waals surface area contributed by atoms with Crippen LogP contribution in [-0.2, 0) is 6.54 Å². The average Bonchev–Trinajstić information content (AvgIpc) is 2.84. The fraction of sp³-hybridized carbons (Fsp3) is 0.562. The van der Waals surface area contributed by atoms with E-state index in [-0.39, 0.29) is 5.92 Å². The lowest BCUT2D eigenvalue weighted by Crippen LogP contribution is -2.34. The number of rotatable bonds is 3. The fourth-order valence-corrected chi connectivity index (χ4v) is 3.08. The van der Waals surface area contributed by atoms with Gasteiger partial charge in [-0.1, -0.05) is 31.4 Å². The van der Waals surface area contributed by atoms with Crippen LogP contribution in [0, 0.1) is 17.2 Å². The van der Waals surface area contributed by atoms with Gasteiger partial charge in [0.15, 0.2) is 11.5 Å². The lowest BCUT2D eigenvalue weighted by Gasteiger charge is -2.21. The molecule has 1 fully saturated rings. The predicted molar refractivity (Wildman–Crippen MR) is 75.4 cm³/mol. The molecule has 0 aromatic heterocycles. The van der Waals surface area contributed by atoms with Crippen LogP contribution in [0.5, 0.6) is 11.5 Å². The maximum absolute atomic E-state index is 9.30. The zero-order chi connectivity index (χ0) is 13.8. The number of nitriles is 1. The van der Waals surface area contributed by atoms with Crippen molar-refractivity contribution >= 4 is 0 Å². The molecule has 1 aromatic rings. The Labute approximate surface area is 119 Å². The third kappa shape index (κ3) is 2.73. The van der Waals surface area contributed by atoms with Gasteiger partial charge in [0, 0.05) is 18.2 Å². The van der Waals surface area contributed by atoms with Gasteiger partial charge in [-0.15, -0.1) is 0 Å². The van der Waals surface area contributed by atoms with Crippen LogP contribution in [0.3, 0.4) is 0 Å². The fourth-order valence-electron chi connectivity index (χ4n) is 3.08. The van der Waals surface area contributed by atoms with Crippen LogP contribution in [0.4, 0.5) is 0 Å². The Bertz CT molecular complexity index is 510. The zero-order valence-corrected chi connectivity index (χ0v) is 11.6. The Kier molecular flexibility index (Phi) is 4.08. The highest BCUT2D eigenvalue weighted by Gasteiger charge is 2.24. The molecule has 3 rings (SSSR count). The van der Waals surface area contributed by atoms with Gasteiger partial charge in [-0.2, -0.15) is 5.26 Å².